The number of carbonyl (C=O) groups is 2. The Bertz CT molecular complexity index is 318. The van der Waals surface area contributed by atoms with Crippen molar-refractivity contribution in [3.63, 3.8) is 0 Å². The number of carbonyl (C=O) groups excluding carboxylic acids is 1. The van der Waals surface area contributed by atoms with E-state index in [-0.39, 0.29) is 5.54 Å². The van der Waals surface area contributed by atoms with Crippen LogP contribution in [0.3, 0.4) is 0 Å². The van der Waals surface area contributed by atoms with E-state index in [4.69, 9.17) is 11.6 Å². The van der Waals surface area contributed by atoms with Crippen molar-refractivity contribution in [2.24, 2.45) is 0 Å². The van der Waals surface area contributed by atoms with Crippen LogP contribution in [0, 0.1) is 0 Å². The van der Waals surface area contributed by atoms with Gasteiger partial charge in [-0.3, -0.25) is 14.9 Å². The van der Waals surface area contributed by atoms with Crippen molar-refractivity contribution >= 4 is 12.4 Å². The average Bonchev–Trinajstić information content (AvgIpc) is 2.08. The highest BCUT2D eigenvalue weighted by Crippen LogP contribution is 2.04. The van der Waals surface area contributed by atoms with E-state index in [2.05, 4.69) is 10.1 Å². The van der Waals surface area contributed by atoms with E-state index in [0.29, 0.717) is 0 Å². The molecule has 0 unspecified atom stereocenters. The summed E-state index contributed by atoms with van der Waals surface area (Å²) >= 11 is 0. The van der Waals surface area contributed by atoms with Gasteiger partial charge in [0.1, 0.15) is 11.6 Å². The number of aliphatic carboxylic acids is 1. The molecule has 0 aliphatic carbocycles. The van der Waals surface area contributed by atoms with Crippen molar-refractivity contribution < 1.29 is 25.9 Å². The molecule has 0 fully saturated rings. The first-order chi connectivity index (χ1) is 8.65. The van der Waals surface area contributed by atoms with Crippen molar-refractivity contribution in [1.29, 1.82) is 0 Å². The molecule has 0 bridgehead atoms. The van der Waals surface area contributed by atoms with Gasteiger partial charge in [-0.1, -0.05) is 0 Å². The Morgan fingerprint density at radius 2 is 1.74 bits per heavy atom. The second-order valence-electron chi connectivity index (χ2n) is 6.25. The Labute approximate surface area is 116 Å². The number of hydrogen-bond acceptors (Lipinski definition) is 5. The predicted molar refractivity (Wildman–Crippen MR) is 72.9 cm³/mol. The third-order valence-corrected chi connectivity index (χ3v) is 1.68. The molecule has 2 atom stereocenters. The molecule has 0 rings (SSSR count). The van der Waals surface area contributed by atoms with Crippen molar-refractivity contribution in [1.82, 2.24) is 5.32 Å². The van der Waals surface area contributed by atoms with Gasteiger partial charge < -0.3 is 14.9 Å². The molecule has 0 aliphatic rings. The highest BCUT2D eigenvalue weighted by molar-refractivity contribution is 5.74. The minimum atomic E-state index is -1.03. The summed E-state index contributed by atoms with van der Waals surface area (Å²) in [6.45, 7) is 12.2. The quantitative estimate of drug-likeness (QED) is 0.671. The fourth-order valence-corrected chi connectivity index (χ4v) is 0.980. The van der Waals surface area contributed by atoms with Crippen molar-refractivity contribution in [2.75, 3.05) is 0 Å². The van der Waals surface area contributed by atoms with E-state index in [1.165, 1.54) is 6.92 Å². The molecule has 0 spiro atoms. The molecular weight excluding hydrogens is 250 g/mol. The SMILES string of the molecule is C[C@@H](O)[C@H](NC(C)(C)C)C(=O)O.[2H]C(=O)OC(C)(C)C. The fourth-order valence-electron chi connectivity index (χ4n) is 0.980. The minimum Gasteiger partial charge on any atom is -0.480 e. The molecule has 0 heterocycles. The van der Waals surface area contributed by atoms with Crippen LogP contribution >= 0.6 is 0 Å². The van der Waals surface area contributed by atoms with Crippen LogP contribution < -0.4 is 5.32 Å². The van der Waals surface area contributed by atoms with Crippen molar-refractivity contribution in [3.05, 3.63) is 0 Å². The van der Waals surface area contributed by atoms with Crippen LogP contribution in [0.5, 0.6) is 0 Å². The average molecular weight is 278 g/mol. The van der Waals surface area contributed by atoms with E-state index >= 15 is 0 Å². The lowest BCUT2D eigenvalue weighted by atomic mass is 10.0. The summed E-state index contributed by atoms with van der Waals surface area (Å²) in [4.78, 5) is 20.5. The molecule has 6 nitrogen and oxygen atoms in total. The number of hydrogen-bond donors (Lipinski definition) is 3. The van der Waals surface area contributed by atoms with Gasteiger partial charge in [0.05, 0.1) is 6.10 Å². The number of aliphatic hydroxyl groups is 1. The number of carboxylic acids is 1. The van der Waals surface area contributed by atoms with Crippen LogP contribution in [-0.2, 0) is 14.3 Å². The van der Waals surface area contributed by atoms with Crippen LogP contribution in [0.2, 0.25) is 0 Å². The zero-order valence-electron chi connectivity index (χ0n) is 13.8. The lowest BCUT2D eigenvalue weighted by molar-refractivity contribution is -0.143. The highest BCUT2D eigenvalue weighted by Gasteiger charge is 2.27. The highest BCUT2D eigenvalue weighted by atomic mass is 16.5. The Morgan fingerprint density at radius 1 is 1.32 bits per heavy atom. The van der Waals surface area contributed by atoms with Crippen LogP contribution in [0.25, 0.3) is 0 Å². The maximum absolute atomic E-state index is 10.6. The number of nitrogens with one attached hydrogen (secondary N) is 1. The molecular formula is C13H27NO5. The molecule has 0 aromatic heterocycles. The van der Waals surface area contributed by atoms with E-state index in [9.17, 15) is 9.59 Å². The van der Waals surface area contributed by atoms with Gasteiger partial charge in [-0.25, -0.2) is 0 Å². The number of rotatable bonds is 3. The normalized spacial score (nSPS) is 15.5. The minimum absolute atomic E-state index is 0.306. The Morgan fingerprint density at radius 3 is 1.79 bits per heavy atom. The molecule has 0 aliphatic heterocycles. The molecule has 3 N–H and O–H groups in total. The van der Waals surface area contributed by atoms with E-state index in [1.54, 1.807) is 20.8 Å². The van der Waals surface area contributed by atoms with E-state index < -0.39 is 30.2 Å². The monoisotopic (exact) mass is 278 g/mol. The maximum atomic E-state index is 10.6. The molecule has 0 aromatic rings. The van der Waals surface area contributed by atoms with Gasteiger partial charge >= 0.3 is 5.97 Å². The zero-order valence-corrected chi connectivity index (χ0v) is 12.8. The smallest absolute Gasteiger partial charge is 0.323 e. The van der Waals surface area contributed by atoms with Crippen LogP contribution in [0.4, 0.5) is 0 Å². The van der Waals surface area contributed by atoms with E-state index in [1.807, 2.05) is 20.8 Å². The summed E-state index contributed by atoms with van der Waals surface area (Å²) < 4.78 is 10.8. The first-order valence-corrected chi connectivity index (χ1v) is 6.04. The first kappa shape index (κ1) is 17.9. The predicted octanol–water partition coefficient (Wildman–Crippen LogP) is 1.17. The third kappa shape index (κ3) is 14.8. The standard InChI is InChI=1S/C8H17NO3.C5H10O2/c1-5(10)6(7(11)12)9-8(2,3)4;1-5(2,3)7-4-6/h5-6,9-10H,1-4H3,(H,11,12);4H,1-3H3/t5-,6+;/m1./s1/i;4D. The Kier molecular flexibility index (Phi) is 7.63. The van der Waals surface area contributed by atoms with E-state index in [0.717, 1.165) is 0 Å². The molecule has 114 valence electrons. The lowest BCUT2D eigenvalue weighted by Crippen LogP contribution is -2.52. The van der Waals surface area contributed by atoms with Gasteiger partial charge in [0, 0.05) is 5.54 Å². The first-order valence-electron chi connectivity index (χ1n) is 6.54. The van der Waals surface area contributed by atoms with Crippen LogP contribution in [-0.4, -0.2) is 45.9 Å². The summed E-state index contributed by atoms with van der Waals surface area (Å²) in [5.41, 5.74) is -0.821. The number of aliphatic hydroxyl groups excluding tert-OH is 1. The summed E-state index contributed by atoms with van der Waals surface area (Å²) in [5, 5.41) is 20.6. The molecule has 19 heavy (non-hydrogen) atoms. The molecule has 0 aromatic carbocycles. The number of carboxylic acid groups (broad SMARTS) is 1. The topological polar surface area (TPSA) is 95.9 Å². The second-order valence-corrected chi connectivity index (χ2v) is 6.25. The molecule has 0 saturated carbocycles. The van der Waals surface area contributed by atoms with Crippen molar-refractivity contribution in [2.45, 2.75) is 71.8 Å². The van der Waals surface area contributed by atoms with Gasteiger partial charge in [-0.05, 0) is 48.5 Å². The van der Waals surface area contributed by atoms with Gasteiger partial charge in [-0.2, -0.15) is 0 Å². The summed E-state index contributed by atoms with van der Waals surface area (Å²) in [6, 6.07) is -0.898. The molecule has 0 radical (unpaired) electrons. The third-order valence-electron chi connectivity index (χ3n) is 1.68. The van der Waals surface area contributed by atoms with Gasteiger partial charge in [0.25, 0.3) is 6.45 Å². The summed E-state index contributed by atoms with van der Waals surface area (Å²) in [7, 11) is 0. The zero-order chi connectivity index (χ0) is 16.7. The largest absolute Gasteiger partial charge is 0.480 e. The summed E-state index contributed by atoms with van der Waals surface area (Å²) in [6.07, 6.45) is -1.86. The lowest BCUT2D eigenvalue weighted by Gasteiger charge is -2.27. The summed E-state index contributed by atoms with van der Waals surface area (Å²) in [5.74, 6) is -1.03. The fraction of sp³-hybridized carbons (Fsp3) is 0.846. The van der Waals surface area contributed by atoms with Crippen LogP contribution in [0.1, 0.15) is 49.8 Å². The van der Waals surface area contributed by atoms with Crippen LogP contribution in [0.15, 0.2) is 0 Å². The van der Waals surface area contributed by atoms with Gasteiger partial charge in [0.2, 0.25) is 0 Å². The molecule has 0 saturated heterocycles. The van der Waals surface area contributed by atoms with Gasteiger partial charge in [-0.15, -0.1) is 0 Å². The Hall–Kier alpha value is -1.14. The Balaban J connectivity index is 0. The van der Waals surface area contributed by atoms with Gasteiger partial charge in [0.15, 0.2) is 1.37 Å². The molecule has 0 amide bonds. The van der Waals surface area contributed by atoms with Crippen molar-refractivity contribution in [3.8, 4) is 0 Å². The molecule has 6 heteroatoms. The maximum Gasteiger partial charge on any atom is 0.323 e. The second kappa shape index (κ2) is 8.12. The number of ether oxygens (including phenoxy) is 1.